The number of likely N-dealkylation sites (tertiary alicyclic amines) is 2. The Labute approximate surface area is 318 Å². The summed E-state index contributed by atoms with van der Waals surface area (Å²) in [5.74, 6) is -0.0965. The number of nitrogens with zero attached hydrogens (tertiary/aromatic N) is 2. The van der Waals surface area contributed by atoms with E-state index in [1.807, 2.05) is 66.7 Å². The van der Waals surface area contributed by atoms with Gasteiger partial charge >= 0.3 is 12.2 Å². The third kappa shape index (κ3) is 9.56. The normalized spacial score (nSPS) is 18.9. The second kappa shape index (κ2) is 15.9. The Hall–Kier alpha value is -5.44. The van der Waals surface area contributed by atoms with Gasteiger partial charge in [-0.3, -0.25) is 9.59 Å². The van der Waals surface area contributed by atoms with Crippen molar-refractivity contribution in [3.8, 4) is 28.0 Å². The van der Waals surface area contributed by atoms with Gasteiger partial charge in [-0.15, -0.1) is 0 Å². The molecular weight excluding hydrogens is 681 g/mol. The van der Waals surface area contributed by atoms with Crippen molar-refractivity contribution in [1.82, 2.24) is 9.80 Å². The molecule has 0 spiro atoms. The lowest BCUT2D eigenvalue weighted by molar-refractivity contribution is -0.133. The maximum absolute atomic E-state index is 13.8. The molecule has 4 amide bonds. The molecule has 0 aromatic heterocycles. The molecule has 54 heavy (non-hydrogen) atoms. The topological polar surface area (TPSA) is 102 Å². The molecular formula is C45H50N2O7. The molecule has 9 heteroatoms. The van der Waals surface area contributed by atoms with Crippen molar-refractivity contribution in [2.24, 2.45) is 0 Å². The van der Waals surface area contributed by atoms with Crippen LogP contribution in [0.25, 0.3) is 22.3 Å². The van der Waals surface area contributed by atoms with E-state index in [1.165, 1.54) is 9.80 Å². The van der Waals surface area contributed by atoms with Gasteiger partial charge in [0.1, 0.15) is 17.0 Å². The standard InChI is InChI=1S/C45H50N2O7/c1-44(2,3)53-42(50)46-36(25-26-40(46)48)27-31-17-22-34(23-18-31)35-13-10-14-38(28-35)52-39-29-37(47(41(39)49)43(51)54-45(4,5)6)24-19-30-15-20-33(21-16-30)32-11-8-7-9-12-32/h7-18,20-23,28,36-37,39H,19,24-27,29H2,1-6H3/t36-,37+,39?/m0/s1. The van der Waals surface area contributed by atoms with Crippen LogP contribution < -0.4 is 4.74 Å². The molecule has 0 saturated carbocycles. The molecule has 4 aromatic carbocycles. The molecule has 2 saturated heterocycles. The Kier molecular flexibility index (Phi) is 11.3. The molecule has 2 aliphatic rings. The van der Waals surface area contributed by atoms with E-state index < -0.39 is 35.4 Å². The van der Waals surface area contributed by atoms with Crippen LogP contribution >= 0.6 is 0 Å². The molecule has 6 rings (SSSR count). The number of rotatable bonds is 9. The van der Waals surface area contributed by atoms with Crippen molar-refractivity contribution in [3.63, 3.8) is 0 Å². The fourth-order valence-corrected chi connectivity index (χ4v) is 7.03. The summed E-state index contributed by atoms with van der Waals surface area (Å²) in [5, 5.41) is 0. The largest absolute Gasteiger partial charge is 0.480 e. The number of hydrogen-bond acceptors (Lipinski definition) is 7. The van der Waals surface area contributed by atoms with Crippen LogP contribution in [0.5, 0.6) is 5.75 Å². The Morgan fingerprint density at radius 2 is 1.20 bits per heavy atom. The minimum absolute atomic E-state index is 0.210. The molecule has 3 atom stereocenters. The van der Waals surface area contributed by atoms with Gasteiger partial charge in [0.15, 0.2) is 6.10 Å². The zero-order valence-electron chi connectivity index (χ0n) is 32.0. The van der Waals surface area contributed by atoms with Gasteiger partial charge in [-0.2, -0.15) is 0 Å². The number of benzene rings is 4. The fraction of sp³-hybridized carbons (Fsp3) is 0.378. The number of carbonyl (C=O) groups is 4. The maximum atomic E-state index is 13.8. The van der Waals surface area contributed by atoms with Gasteiger partial charge in [0, 0.05) is 24.9 Å². The van der Waals surface area contributed by atoms with Crippen molar-refractivity contribution in [1.29, 1.82) is 0 Å². The van der Waals surface area contributed by atoms with E-state index in [-0.39, 0.29) is 18.0 Å². The van der Waals surface area contributed by atoms with E-state index >= 15 is 0 Å². The summed E-state index contributed by atoms with van der Waals surface area (Å²) in [6.07, 6.45) is 0.946. The second-order valence-corrected chi connectivity index (χ2v) is 16.2. The van der Waals surface area contributed by atoms with E-state index in [0.29, 0.717) is 44.3 Å². The average Bonchev–Trinajstić information content (AvgIpc) is 3.64. The zero-order chi connectivity index (χ0) is 38.6. The van der Waals surface area contributed by atoms with Gasteiger partial charge in [-0.25, -0.2) is 19.4 Å². The maximum Gasteiger partial charge on any atom is 0.417 e. The van der Waals surface area contributed by atoms with Crippen molar-refractivity contribution in [3.05, 3.63) is 114 Å². The van der Waals surface area contributed by atoms with Crippen LogP contribution in [0.2, 0.25) is 0 Å². The van der Waals surface area contributed by atoms with Crippen LogP contribution in [-0.2, 0) is 31.9 Å². The Balaban J connectivity index is 1.12. The molecule has 0 N–H and O–H groups in total. The van der Waals surface area contributed by atoms with Crippen molar-refractivity contribution in [2.75, 3.05) is 0 Å². The summed E-state index contributed by atoms with van der Waals surface area (Å²) < 4.78 is 17.5. The first-order valence-electron chi connectivity index (χ1n) is 18.7. The van der Waals surface area contributed by atoms with Crippen molar-refractivity contribution < 1.29 is 33.4 Å². The van der Waals surface area contributed by atoms with Gasteiger partial charge < -0.3 is 14.2 Å². The van der Waals surface area contributed by atoms with E-state index in [4.69, 9.17) is 14.2 Å². The summed E-state index contributed by atoms with van der Waals surface area (Å²) in [7, 11) is 0. The number of amides is 4. The van der Waals surface area contributed by atoms with E-state index in [0.717, 1.165) is 33.4 Å². The fourth-order valence-electron chi connectivity index (χ4n) is 7.03. The highest BCUT2D eigenvalue weighted by molar-refractivity contribution is 5.97. The Bertz CT molecular complexity index is 1960. The summed E-state index contributed by atoms with van der Waals surface area (Å²) in [6, 6.07) is 33.5. The average molecular weight is 731 g/mol. The Morgan fingerprint density at radius 3 is 1.83 bits per heavy atom. The highest BCUT2D eigenvalue weighted by Crippen LogP contribution is 2.32. The zero-order valence-corrected chi connectivity index (χ0v) is 32.0. The third-order valence-electron chi connectivity index (χ3n) is 9.57. The number of hydrogen-bond donors (Lipinski definition) is 0. The lowest BCUT2D eigenvalue weighted by atomic mass is 9.99. The van der Waals surface area contributed by atoms with E-state index in [2.05, 4.69) is 36.4 Å². The first-order chi connectivity index (χ1) is 25.6. The minimum atomic E-state index is -0.845. The first-order valence-corrected chi connectivity index (χ1v) is 18.7. The molecule has 2 fully saturated rings. The van der Waals surface area contributed by atoms with Crippen LogP contribution in [0.3, 0.4) is 0 Å². The van der Waals surface area contributed by atoms with Gasteiger partial charge in [-0.05, 0) is 113 Å². The summed E-state index contributed by atoms with van der Waals surface area (Å²) in [4.78, 5) is 55.0. The van der Waals surface area contributed by atoms with E-state index in [1.54, 1.807) is 41.5 Å². The molecule has 9 nitrogen and oxygen atoms in total. The van der Waals surface area contributed by atoms with Gasteiger partial charge in [0.05, 0.1) is 0 Å². The highest BCUT2D eigenvalue weighted by Gasteiger charge is 2.46. The third-order valence-corrected chi connectivity index (χ3v) is 9.57. The number of imide groups is 2. The van der Waals surface area contributed by atoms with E-state index in [9.17, 15) is 19.2 Å². The number of carbonyl (C=O) groups excluding carboxylic acids is 4. The molecule has 282 valence electrons. The van der Waals surface area contributed by atoms with Crippen LogP contribution in [-0.4, -0.2) is 63.2 Å². The van der Waals surface area contributed by atoms with Crippen molar-refractivity contribution >= 4 is 24.0 Å². The van der Waals surface area contributed by atoms with Crippen LogP contribution in [0.4, 0.5) is 9.59 Å². The smallest absolute Gasteiger partial charge is 0.417 e. The summed E-state index contributed by atoms with van der Waals surface area (Å²) in [6.45, 7) is 10.7. The highest BCUT2D eigenvalue weighted by atomic mass is 16.6. The van der Waals surface area contributed by atoms with Crippen molar-refractivity contribution in [2.45, 2.75) is 109 Å². The summed E-state index contributed by atoms with van der Waals surface area (Å²) in [5.41, 5.74) is 4.79. The minimum Gasteiger partial charge on any atom is -0.480 e. The van der Waals surface area contributed by atoms with Crippen LogP contribution in [0, 0.1) is 0 Å². The SMILES string of the molecule is CC(C)(C)OC(=O)N1C(=O)CC[C@H]1Cc1ccc(-c2cccc(OC3C[C@@H](CCc4ccc(-c5ccccc5)cc4)N(C(=O)OC(C)(C)C)C3=O)c2)cc1. The molecule has 0 radical (unpaired) electrons. The molecule has 0 aliphatic carbocycles. The van der Waals surface area contributed by atoms with Gasteiger partial charge in [0.2, 0.25) is 5.91 Å². The first kappa shape index (κ1) is 38.3. The number of aryl methyl sites for hydroxylation is 1. The lowest BCUT2D eigenvalue weighted by Gasteiger charge is -2.27. The predicted molar refractivity (Wildman–Crippen MR) is 208 cm³/mol. The quantitative estimate of drug-likeness (QED) is 0.169. The summed E-state index contributed by atoms with van der Waals surface area (Å²) >= 11 is 0. The lowest BCUT2D eigenvalue weighted by Crippen LogP contribution is -2.44. The van der Waals surface area contributed by atoms with Crippen LogP contribution in [0.15, 0.2) is 103 Å². The van der Waals surface area contributed by atoms with Gasteiger partial charge in [-0.1, -0.05) is 91.0 Å². The number of ether oxygens (including phenoxy) is 3. The Morgan fingerprint density at radius 1 is 0.648 bits per heavy atom. The predicted octanol–water partition coefficient (Wildman–Crippen LogP) is 9.41. The second-order valence-electron chi connectivity index (χ2n) is 16.2. The van der Waals surface area contributed by atoms with Gasteiger partial charge in [0.25, 0.3) is 5.91 Å². The van der Waals surface area contributed by atoms with Crippen LogP contribution in [0.1, 0.15) is 78.4 Å². The molecule has 2 aliphatic heterocycles. The molecule has 1 unspecified atom stereocenters. The monoisotopic (exact) mass is 730 g/mol. The molecule has 0 bridgehead atoms. The molecule has 2 heterocycles. The molecule has 4 aromatic rings.